The molecule has 1 aromatic rings. The SMILES string of the molecule is C=C(CNC(C)C)Cn1cc([N+](=O)[O-])cnc1=O. The van der Waals surface area contributed by atoms with Crippen LogP contribution in [0.5, 0.6) is 0 Å². The van der Waals surface area contributed by atoms with E-state index in [2.05, 4.69) is 16.9 Å². The van der Waals surface area contributed by atoms with Gasteiger partial charge in [0.25, 0.3) is 0 Å². The fourth-order valence-electron chi connectivity index (χ4n) is 1.30. The summed E-state index contributed by atoms with van der Waals surface area (Å²) in [6.45, 7) is 8.57. The van der Waals surface area contributed by atoms with Gasteiger partial charge in [0.15, 0.2) is 0 Å². The van der Waals surface area contributed by atoms with Crippen LogP contribution < -0.4 is 11.0 Å². The van der Waals surface area contributed by atoms with Gasteiger partial charge in [-0.1, -0.05) is 20.4 Å². The van der Waals surface area contributed by atoms with Crippen molar-refractivity contribution in [2.75, 3.05) is 6.54 Å². The summed E-state index contributed by atoms with van der Waals surface area (Å²) >= 11 is 0. The predicted octanol–water partition coefficient (Wildman–Crippen LogP) is 0.706. The van der Waals surface area contributed by atoms with E-state index in [-0.39, 0.29) is 12.2 Å². The lowest BCUT2D eigenvalue weighted by Crippen LogP contribution is -2.29. The molecule has 0 aliphatic rings. The number of hydrogen-bond acceptors (Lipinski definition) is 5. The molecule has 0 aromatic carbocycles. The Bertz CT molecular complexity index is 507. The van der Waals surface area contributed by atoms with Gasteiger partial charge in [-0.25, -0.2) is 4.79 Å². The molecule has 0 bridgehead atoms. The first-order valence-corrected chi connectivity index (χ1v) is 5.51. The van der Waals surface area contributed by atoms with Gasteiger partial charge in [0, 0.05) is 19.1 Å². The van der Waals surface area contributed by atoms with Crippen LogP contribution in [0.2, 0.25) is 0 Å². The van der Waals surface area contributed by atoms with Crippen LogP contribution in [0.4, 0.5) is 5.69 Å². The van der Waals surface area contributed by atoms with E-state index in [4.69, 9.17) is 0 Å². The Kier molecular flexibility index (Phi) is 4.73. The van der Waals surface area contributed by atoms with Gasteiger partial charge in [0.05, 0.1) is 11.1 Å². The molecule has 1 aromatic heterocycles. The standard InChI is InChI=1S/C11H16N4O3/c1-8(2)12-4-9(3)6-14-7-10(15(17)18)5-13-11(14)16/h5,7-8,12H,3-4,6H2,1-2H3. The molecular formula is C11H16N4O3. The minimum Gasteiger partial charge on any atom is -0.311 e. The van der Waals surface area contributed by atoms with E-state index < -0.39 is 10.6 Å². The number of hydrogen-bond donors (Lipinski definition) is 1. The Balaban J connectivity index is 2.77. The van der Waals surface area contributed by atoms with E-state index in [1.165, 1.54) is 10.8 Å². The maximum atomic E-state index is 11.4. The molecule has 0 unspecified atom stereocenters. The summed E-state index contributed by atoms with van der Waals surface area (Å²) in [5.41, 5.74) is 0.0265. The number of nitrogens with zero attached hydrogens (tertiary/aromatic N) is 3. The second kappa shape index (κ2) is 6.06. The summed E-state index contributed by atoms with van der Waals surface area (Å²) in [6.07, 6.45) is 2.13. The molecule has 0 aliphatic heterocycles. The number of nitrogens with one attached hydrogen (secondary N) is 1. The van der Waals surface area contributed by atoms with Crippen molar-refractivity contribution >= 4 is 5.69 Å². The Morgan fingerprint density at radius 2 is 2.33 bits per heavy atom. The normalized spacial score (nSPS) is 10.6. The minimum atomic E-state index is -0.585. The lowest BCUT2D eigenvalue weighted by molar-refractivity contribution is -0.385. The quantitative estimate of drug-likeness (QED) is 0.457. The van der Waals surface area contributed by atoms with Crippen LogP contribution in [-0.4, -0.2) is 27.1 Å². The van der Waals surface area contributed by atoms with Crippen molar-refractivity contribution in [2.24, 2.45) is 0 Å². The van der Waals surface area contributed by atoms with Gasteiger partial charge in [-0.15, -0.1) is 0 Å². The third kappa shape index (κ3) is 4.10. The summed E-state index contributed by atoms with van der Waals surface area (Å²) in [4.78, 5) is 24.9. The predicted molar refractivity (Wildman–Crippen MR) is 67.4 cm³/mol. The smallest absolute Gasteiger partial charge is 0.311 e. The lowest BCUT2D eigenvalue weighted by Gasteiger charge is -2.11. The highest BCUT2D eigenvalue weighted by Crippen LogP contribution is 2.05. The highest BCUT2D eigenvalue weighted by molar-refractivity contribution is 5.20. The summed E-state index contributed by atoms with van der Waals surface area (Å²) in [7, 11) is 0. The zero-order valence-corrected chi connectivity index (χ0v) is 10.4. The summed E-state index contributed by atoms with van der Waals surface area (Å²) in [5, 5.41) is 13.7. The maximum Gasteiger partial charge on any atom is 0.348 e. The monoisotopic (exact) mass is 252 g/mol. The Labute approximate surface area is 104 Å². The molecule has 1 heterocycles. The van der Waals surface area contributed by atoms with Crippen LogP contribution in [0.1, 0.15) is 13.8 Å². The van der Waals surface area contributed by atoms with Gasteiger partial charge in [0.2, 0.25) is 0 Å². The van der Waals surface area contributed by atoms with Crippen LogP contribution in [0.15, 0.2) is 29.3 Å². The first-order chi connectivity index (χ1) is 8.40. The van der Waals surface area contributed by atoms with Crippen LogP contribution in [0, 0.1) is 10.1 Å². The zero-order valence-electron chi connectivity index (χ0n) is 10.4. The van der Waals surface area contributed by atoms with E-state index in [0.717, 1.165) is 11.8 Å². The van der Waals surface area contributed by atoms with Crippen LogP contribution in [-0.2, 0) is 6.54 Å². The highest BCUT2D eigenvalue weighted by atomic mass is 16.6. The molecule has 0 saturated carbocycles. The van der Waals surface area contributed by atoms with Crippen molar-refractivity contribution in [1.82, 2.24) is 14.9 Å². The van der Waals surface area contributed by atoms with Crippen LogP contribution in [0.25, 0.3) is 0 Å². The van der Waals surface area contributed by atoms with E-state index in [1.807, 2.05) is 13.8 Å². The average Bonchev–Trinajstić information content (AvgIpc) is 2.29. The summed E-state index contributed by atoms with van der Waals surface area (Å²) in [6, 6.07) is 0.307. The molecular weight excluding hydrogens is 236 g/mol. The first-order valence-electron chi connectivity index (χ1n) is 5.51. The Morgan fingerprint density at radius 3 is 2.89 bits per heavy atom. The molecule has 0 saturated heterocycles. The van der Waals surface area contributed by atoms with E-state index in [0.29, 0.717) is 12.6 Å². The average molecular weight is 252 g/mol. The van der Waals surface area contributed by atoms with Gasteiger partial charge in [-0.05, 0) is 5.57 Å². The fourth-order valence-corrected chi connectivity index (χ4v) is 1.30. The van der Waals surface area contributed by atoms with Crippen molar-refractivity contribution in [3.8, 4) is 0 Å². The maximum absolute atomic E-state index is 11.4. The van der Waals surface area contributed by atoms with E-state index >= 15 is 0 Å². The van der Waals surface area contributed by atoms with Crippen LogP contribution >= 0.6 is 0 Å². The number of aromatic nitrogens is 2. The van der Waals surface area contributed by atoms with Crippen molar-refractivity contribution in [3.05, 3.63) is 45.1 Å². The third-order valence-corrected chi connectivity index (χ3v) is 2.21. The zero-order chi connectivity index (χ0) is 13.7. The van der Waals surface area contributed by atoms with Crippen molar-refractivity contribution in [1.29, 1.82) is 0 Å². The van der Waals surface area contributed by atoms with Crippen molar-refractivity contribution in [3.63, 3.8) is 0 Å². The molecule has 1 rings (SSSR count). The Hall–Kier alpha value is -2.02. The van der Waals surface area contributed by atoms with Gasteiger partial charge >= 0.3 is 11.4 Å². The third-order valence-electron chi connectivity index (χ3n) is 2.21. The fraction of sp³-hybridized carbons (Fsp3) is 0.455. The van der Waals surface area contributed by atoms with Crippen LogP contribution in [0.3, 0.4) is 0 Å². The number of rotatable bonds is 6. The second-order valence-electron chi connectivity index (χ2n) is 4.27. The second-order valence-corrected chi connectivity index (χ2v) is 4.27. The molecule has 0 aliphatic carbocycles. The molecule has 7 nitrogen and oxygen atoms in total. The molecule has 18 heavy (non-hydrogen) atoms. The highest BCUT2D eigenvalue weighted by Gasteiger charge is 2.09. The topological polar surface area (TPSA) is 90.1 Å². The summed E-state index contributed by atoms with van der Waals surface area (Å²) < 4.78 is 1.18. The molecule has 0 radical (unpaired) electrons. The van der Waals surface area contributed by atoms with E-state index in [1.54, 1.807) is 0 Å². The molecule has 0 fully saturated rings. The van der Waals surface area contributed by atoms with Gasteiger partial charge in [-0.2, -0.15) is 4.98 Å². The van der Waals surface area contributed by atoms with Crippen molar-refractivity contribution < 1.29 is 4.92 Å². The molecule has 0 spiro atoms. The molecule has 0 atom stereocenters. The number of nitro groups is 1. The molecule has 1 N–H and O–H groups in total. The molecule has 7 heteroatoms. The van der Waals surface area contributed by atoms with Gasteiger partial charge in [-0.3, -0.25) is 14.7 Å². The summed E-state index contributed by atoms with van der Waals surface area (Å²) in [5.74, 6) is 0. The Morgan fingerprint density at radius 1 is 1.67 bits per heavy atom. The minimum absolute atomic E-state index is 0.209. The van der Waals surface area contributed by atoms with E-state index in [9.17, 15) is 14.9 Å². The molecule has 98 valence electrons. The largest absolute Gasteiger partial charge is 0.348 e. The molecule has 0 amide bonds. The van der Waals surface area contributed by atoms with Gasteiger partial charge < -0.3 is 5.32 Å². The van der Waals surface area contributed by atoms with Crippen molar-refractivity contribution in [2.45, 2.75) is 26.4 Å². The lowest BCUT2D eigenvalue weighted by atomic mass is 10.2. The first kappa shape index (κ1) is 14.0. The van der Waals surface area contributed by atoms with Gasteiger partial charge in [0.1, 0.15) is 6.20 Å².